The van der Waals surface area contributed by atoms with Crippen LogP contribution in [0.25, 0.3) is 5.00 Å². The van der Waals surface area contributed by atoms with Crippen molar-refractivity contribution in [2.24, 2.45) is 10.9 Å². The van der Waals surface area contributed by atoms with Crippen molar-refractivity contribution in [1.82, 2.24) is 19.7 Å². The van der Waals surface area contributed by atoms with Gasteiger partial charge in [0.05, 0.1) is 30.2 Å². The van der Waals surface area contributed by atoms with Crippen LogP contribution in [0.2, 0.25) is 5.02 Å². The molecule has 8 nitrogen and oxygen atoms in total. The monoisotopic (exact) mass is 563 g/mol. The van der Waals surface area contributed by atoms with Gasteiger partial charge in [-0.15, -0.1) is 21.5 Å². The van der Waals surface area contributed by atoms with Crippen LogP contribution in [0.4, 0.5) is 0 Å². The lowest BCUT2D eigenvalue weighted by molar-refractivity contribution is -0.135. The van der Waals surface area contributed by atoms with Crippen molar-refractivity contribution in [3.63, 3.8) is 0 Å². The number of aryl methyl sites for hydroxylation is 1. The summed E-state index contributed by atoms with van der Waals surface area (Å²) < 4.78 is 13.0. The highest BCUT2D eigenvalue weighted by molar-refractivity contribution is 7.15. The predicted octanol–water partition coefficient (Wildman–Crippen LogP) is 4.52. The number of halogens is 1. The number of hydrogen-bond acceptors (Lipinski definition) is 7. The van der Waals surface area contributed by atoms with Gasteiger partial charge < -0.3 is 14.4 Å². The Balaban J connectivity index is 1.47. The number of fused-ring (bicyclic) bond motifs is 3. The van der Waals surface area contributed by atoms with Crippen LogP contribution in [0.3, 0.4) is 0 Å². The van der Waals surface area contributed by atoms with Gasteiger partial charge in [-0.05, 0) is 44.4 Å². The molecule has 39 heavy (non-hydrogen) atoms. The summed E-state index contributed by atoms with van der Waals surface area (Å²) in [4.78, 5) is 21.5. The number of morpholine rings is 1. The fourth-order valence-electron chi connectivity index (χ4n) is 5.26. The van der Waals surface area contributed by atoms with E-state index < -0.39 is 6.04 Å². The molecule has 1 atom stereocenters. The summed E-state index contributed by atoms with van der Waals surface area (Å²) in [6.07, 6.45) is 2.13. The number of nitrogens with zero attached hydrogens (tertiary/aromatic N) is 5. The Morgan fingerprint density at radius 3 is 2.54 bits per heavy atom. The molecule has 0 saturated carbocycles. The van der Waals surface area contributed by atoms with E-state index in [9.17, 15) is 4.79 Å². The van der Waals surface area contributed by atoms with Crippen LogP contribution in [0.5, 0.6) is 0 Å². The zero-order valence-corrected chi connectivity index (χ0v) is 23.6. The molecular weight excluding hydrogens is 534 g/mol. The van der Waals surface area contributed by atoms with Crippen LogP contribution in [0.15, 0.2) is 29.3 Å². The first-order valence-corrected chi connectivity index (χ1v) is 14.5. The Labute approximate surface area is 237 Å². The third-order valence-electron chi connectivity index (χ3n) is 7.46. The fraction of sp³-hybridized carbons (Fsp3) is 0.448. The van der Waals surface area contributed by atoms with Gasteiger partial charge in [0, 0.05) is 48.4 Å². The fourth-order valence-corrected chi connectivity index (χ4v) is 6.61. The largest absolute Gasteiger partial charge is 0.381 e. The van der Waals surface area contributed by atoms with Gasteiger partial charge in [0.15, 0.2) is 5.82 Å². The lowest BCUT2D eigenvalue weighted by Gasteiger charge is -2.27. The normalized spacial score (nSPS) is 19.4. The number of aromatic nitrogens is 3. The van der Waals surface area contributed by atoms with E-state index in [0.717, 1.165) is 64.2 Å². The van der Waals surface area contributed by atoms with Gasteiger partial charge >= 0.3 is 0 Å². The topological polar surface area (TPSA) is 81.8 Å². The number of ether oxygens (including phenoxy) is 2. The van der Waals surface area contributed by atoms with Crippen LogP contribution in [-0.2, 0) is 14.3 Å². The summed E-state index contributed by atoms with van der Waals surface area (Å²) in [6, 6.07) is 7.22. The van der Waals surface area contributed by atoms with Crippen LogP contribution in [-0.4, -0.2) is 70.8 Å². The quantitative estimate of drug-likeness (QED) is 0.438. The number of benzene rings is 1. The SMILES string of the molecule is Cc1c(C#CC2CCOCC2)sc2c1C(c1ccc(Cl)cc1)=N[C@@H](CC(=O)N1CCOCC1)c1nnc(C)n1-2. The minimum absolute atomic E-state index is 0.0414. The molecule has 0 aliphatic carbocycles. The molecule has 3 aromatic rings. The summed E-state index contributed by atoms with van der Waals surface area (Å²) in [5.74, 6) is 8.78. The van der Waals surface area contributed by atoms with Crippen molar-refractivity contribution in [2.75, 3.05) is 39.5 Å². The molecule has 1 amide bonds. The third kappa shape index (κ3) is 5.27. The number of carbonyl (C=O) groups is 1. The molecule has 2 aromatic heterocycles. The first-order chi connectivity index (χ1) is 19.0. The maximum Gasteiger partial charge on any atom is 0.225 e. The molecule has 2 fully saturated rings. The van der Waals surface area contributed by atoms with Crippen LogP contribution in [0.1, 0.15) is 58.5 Å². The van der Waals surface area contributed by atoms with Gasteiger partial charge in [0.2, 0.25) is 5.91 Å². The smallest absolute Gasteiger partial charge is 0.225 e. The second-order valence-electron chi connectivity index (χ2n) is 10.0. The molecule has 0 unspecified atom stereocenters. The molecule has 0 N–H and O–H groups in total. The Bertz CT molecular complexity index is 1470. The van der Waals surface area contributed by atoms with E-state index in [0.29, 0.717) is 43.1 Å². The van der Waals surface area contributed by atoms with E-state index in [1.54, 1.807) is 11.3 Å². The van der Waals surface area contributed by atoms with E-state index in [1.807, 2.05) is 36.1 Å². The average molecular weight is 564 g/mol. The number of amides is 1. The zero-order valence-electron chi connectivity index (χ0n) is 22.1. The highest BCUT2D eigenvalue weighted by Crippen LogP contribution is 2.40. The van der Waals surface area contributed by atoms with Gasteiger partial charge in [-0.3, -0.25) is 14.4 Å². The van der Waals surface area contributed by atoms with Crippen molar-refractivity contribution in [3.8, 4) is 16.8 Å². The third-order valence-corrected chi connectivity index (χ3v) is 8.91. The minimum Gasteiger partial charge on any atom is -0.381 e. The predicted molar refractivity (Wildman–Crippen MR) is 151 cm³/mol. The maximum absolute atomic E-state index is 13.4. The zero-order chi connectivity index (χ0) is 26.9. The van der Waals surface area contributed by atoms with Gasteiger partial charge in [0.25, 0.3) is 0 Å². The Kier molecular flexibility index (Phi) is 7.54. The van der Waals surface area contributed by atoms with E-state index in [2.05, 4.69) is 33.5 Å². The van der Waals surface area contributed by atoms with Crippen molar-refractivity contribution >= 4 is 34.6 Å². The standard InChI is InChI=1S/C29H30ClN5O3S/c1-18-24(8-3-20-9-13-37-14-10-20)39-29-26(18)27(21-4-6-22(30)7-5-21)31-23(28-33-32-19(2)35(28)29)17-25(36)34-11-15-38-16-12-34/h4-7,20,23H,9-17H2,1-2H3/t23-/m0/s1. The molecule has 5 heterocycles. The number of carbonyl (C=O) groups excluding carboxylic acids is 1. The lowest BCUT2D eigenvalue weighted by atomic mass is 9.98. The van der Waals surface area contributed by atoms with Crippen LogP contribution < -0.4 is 0 Å². The first-order valence-electron chi connectivity index (χ1n) is 13.3. The molecule has 0 bridgehead atoms. The molecule has 0 radical (unpaired) electrons. The summed E-state index contributed by atoms with van der Waals surface area (Å²) in [7, 11) is 0. The second kappa shape index (κ2) is 11.2. The van der Waals surface area contributed by atoms with Gasteiger partial charge in [-0.2, -0.15) is 0 Å². The Morgan fingerprint density at radius 1 is 1.08 bits per heavy atom. The van der Waals surface area contributed by atoms with Gasteiger partial charge in [0.1, 0.15) is 16.9 Å². The van der Waals surface area contributed by atoms with Gasteiger partial charge in [-0.25, -0.2) is 0 Å². The van der Waals surface area contributed by atoms with Crippen molar-refractivity contribution in [2.45, 2.75) is 39.2 Å². The summed E-state index contributed by atoms with van der Waals surface area (Å²) in [6.45, 7) is 7.86. The molecule has 1 aromatic carbocycles. The van der Waals surface area contributed by atoms with E-state index >= 15 is 0 Å². The van der Waals surface area contributed by atoms with E-state index in [-0.39, 0.29) is 12.3 Å². The molecular formula is C29H30ClN5O3S. The molecule has 202 valence electrons. The van der Waals surface area contributed by atoms with Crippen molar-refractivity contribution in [1.29, 1.82) is 0 Å². The average Bonchev–Trinajstić information content (AvgIpc) is 3.46. The number of thiophene rings is 1. The Morgan fingerprint density at radius 2 is 1.79 bits per heavy atom. The highest BCUT2D eigenvalue weighted by Gasteiger charge is 2.34. The first kappa shape index (κ1) is 26.2. The maximum atomic E-state index is 13.4. The molecule has 2 saturated heterocycles. The number of aliphatic imine (C=N–C) groups is 1. The Hall–Kier alpha value is -3.03. The van der Waals surface area contributed by atoms with Crippen LogP contribution in [0, 0.1) is 31.6 Å². The molecule has 6 rings (SSSR count). The molecule has 0 spiro atoms. The summed E-state index contributed by atoms with van der Waals surface area (Å²) in [5, 5.41) is 10.6. The molecule has 10 heteroatoms. The lowest BCUT2D eigenvalue weighted by Crippen LogP contribution is -2.41. The van der Waals surface area contributed by atoms with E-state index in [1.165, 1.54) is 0 Å². The van der Waals surface area contributed by atoms with Crippen LogP contribution >= 0.6 is 22.9 Å². The number of hydrogen-bond donors (Lipinski definition) is 0. The number of rotatable bonds is 3. The summed E-state index contributed by atoms with van der Waals surface area (Å²) >= 11 is 7.88. The highest BCUT2D eigenvalue weighted by atomic mass is 35.5. The van der Waals surface area contributed by atoms with E-state index in [4.69, 9.17) is 26.1 Å². The van der Waals surface area contributed by atoms with Gasteiger partial charge in [-0.1, -0.05) is 35.6 Å². The second-order valence-corrected chi connectivity index (χ2v) is 11.5. The van der Waals surface area contributed by atoms with Crippen molar-refractivity contribution < 1.29 is 14.3 Å². The molecule has 3 aliphatic rings. The molecule has 3 aliphatic heterocycles. The summed E-state index contributed by atoms with van der Waals surface area (Å²) in [5.41, 5.74) is 3.83. The van der Waals surface area contributed by atoms with Crippen molar-refractivity contribution in [3.05, 3.63) is 62.5 Å². The minimum atomic E-state index is -0.483.